The monoisotopic (exact) mass is 383 g/mol. The predicted molar refractivity (Wildman–Crippen MR) is 104 cm³/mol. The molecule has 4 rings (SSSR count). The van der Waals surface area contributed by atoms with Crippen molar-refractivity contribution >= 4 is 22.9 Å². The highest BCUT2D eigenvalue weighted by molar-refractivity contribution is 6.30. The largest absolute Gasteiger partial charge is 0.369 e. The van der Waals surface area contributed by atoms with Crippen LogP contribution in [0.4, 0.5) is 5.69 Å². The van der Waals surface area contributed by atoms with E-state index in [0.29, 0.717) is 9.08 Å². The molecule has 3 aromatic rings. The fraction of sp³-hybridized carbons (Fsp3) is 0.368. The van der Waals surface area contributed by atoms with Gasteiger partial charge in [-0.15, -0.1) is 5.10 Å². The SMILES string of the molecule is [2H]c1c([2H])c(Cl)c([2H])c(N2CCN(C([2H])([2H])CC([2H])([2H])n3nc4c([2H])c([2H])c([2H])c([2H])n4c3=O)CC2)c1[2H]. The third-order valence-corrected chi connectivity index (χ3v) is 4.08. The summed E-state index contributed by atoms with van der Waals surface area (Å²) in [5.41, 5.74) is -1.60. The maximum Gasteiger partial charge on any atom is 0.350 e. The first kappa shape index (κ1) is 8.15. The Morgan fingerprint density at radius 2 is 1.96 bits per heavy atom. The summed E-state index contributed by atoms with van der Waals surface area (Å²) >= 11 is 5.99. The molecule has 0 aliphatic carbocycles. The third kappa shape index (κ3) is 3.61. The first-order valence-electron chi connectivity index (χ1n) is 13.9. The van der Waals surface area contributed by atoms with Crippen molar-refractivity contribution in [2.75, 3.05) is 37.6 Å². The molecule has 0 atom stereocenters. The lowest BCUT2D eigenvalue weighted by Gasteiger charge is -2.36. The van der Waals surface area contributed by atoms with Gasteiger partial charge in [0.1, 0.15) is 0 Å². The Morgan fingerprint density at radius 1 is 1.12 bits per heavy atom. The first-order chi connectivity index (χ1) is 17.5. The molecule has 1 saturated heterocycles. The second-order valence-electron chi connectivity index (χ2n) is 5.47. The molecule has 6 nitrogen and oxygen atoms in total. The van der Waals surface area contributed by atoms with Gasteiger partial charge in [0, 0.05) is 58.8 Å². The Balaban J connectivity index is 1.58. The molecule has 0 amide bonds. The van der Waals surface area contributed by atoms with E-state index >= 15 is 0 Å². The molecular weight excluding hydrogens is 350 g/mol. The van der Waals surface area contributed by atoms with Gasteiger partial charge in [0.05, 0.1) is 13.7 Å². The molecule has 3 heterocycles. The normalized spacial score (nSPS) is 23.3. The number of pyridine rings is 1. The molecule has 136 valence electrons. The van der Waals surface area contributed by atoms with E-state index in [1.54, 1.807) is 4.90 Å². The van der Waals surface area contributed by atoms with Gasteiger partial charge in [-0.2, -0.15) is 0 Å². The molecule has 26 heavy (non-hydrogen) atoms. The van der Waals surface area contributed by atoms with Crippen molar-refractivity contribution in [3.8, 4) is 0 Å². The molecular formula is C19H22ClN5O. The summed E-state index contributed by atoms with van der Waals surface area (Å²) in [6, 6.07) is -3.42. The van der Waals surface area contributed by atoms with Gasteiger partial charge in [-0.05, 0) is 36.6 Å². The summed E-state index contributed by atoms with van der Waals surface area (Å²) in [6.07, 6.45) is -1.60. The highest BCUT2D eigenvalue weighted by atomic mass is 35.5. The lowest BCUT2D eigenvalue weighted by atomic mass is 10.2. The second-order valence-corrected chi connectivity index (χ2v) is 5.85. The van der Waals surface area contributed by atoms with Crippen molar-refractivity contribution < 1.29 is 16.4 Å². The number of aryl methyl sites for hydroxylation is 1. The molecule has 1 fully saturated rings. The van der Waals surface area contributed by atoms with Gasteiger partial charge < -0.3 is 4.90 Å². The summed E-state index contributed by atoms with van der Waals surface area (Å²) in [5.74, 6) is 0. The zero-order chi connectivity index (χ0) is 28.5. The molecule has 7 heteroatoms. The topological polar surface area (TPSA) is 45.8 Å². The lowest BCUT2D eigenvalue weighted by molar-refractivity contribution is 0.248. The van der Waals surface area contributed by atoms with Crippen LogP contribution in [0.3, 0.4) is 0 Å². The minimum absolute atomic E-state index is 0.0355. The first-order valence-corrected chi connectivity index (χ1v) is 8.23. The van der Waals surface area contributed by atoms with Gasteiger partial charge >= 0.3 is 5.69 Å². The van der Waals surface area contributed by atoms with Crippen LogP contribution in [-0.2, 0) is 6.50 Å². The quantitative estimate of drug-likeness (QED) is 0.678. The van der Waals surface area contributed by atoms with Crippen LogP contribution in [0.25, 0.3) is 5.65 Å². The number of aromatic nitrogens is 3. The Labute approximate surface area is 174 Å². The minimum Gasteiger partial charge on any atom is -0.369 e. The average molecular weight is 384 g/mol. The molecule has 1 aliphatic rings. The number of hydrogen-bond acceptors (Lipinski definition) is 4. The van der Waals surface area contributed by atoms with Gasteiger partial charge in [-0.25, -0.2) is 9.48 Å². The standard InChI is InChI=1S/C19H22ClN5O/c20-16-5-3-6-17(15-16)23-13-11-22(12-14-23)8-4-10-25-19(26)24-9-2-1-7-18(24)21-25/h1-3,5-7,9,15H,4,8,10-14H2/i1D,2D,3D,5D,6D,7D,8D2,9D,10D2,15D. The van der Waals surface area contributed by atoms with Crippen LogP contribution >= 0.6 is 11.6 Å². The van der Waals surface area contributed by atoms with Crippen LogP contribution in [-0.4, -0.2) is 51.8 Å². The van der Waals surface area contributed by atoms with E-state index in [-0.39, 0.29) is 49.0 Å². The zero-order valence-electron chi connectivity index (χ0n) is 25.6. The maximum absolute atomic E-state index is 12.9. The van der Waals surface area contributed by atoms with E-state index in [9.17, 15) is 4.79 Å². The Hall–Kier alpha value is -2.31. The Bertz CT molecular complexity index is 1470. The summed E-state index contributed by atoms with van der Waals surface area (Å²) in [4.78, 5) is 15.8. The van der Waals surface area contributed by atoms with Gasteiger partial charge in [0.2, 0.25) is 0 Å². The van der Waals surface area contributed by atoms with Crippen molar-refractivity contribution in [2.45, 2.75) is 12.9 Å². The summed E-state index contributed by atoms with van der Waals surface area (Å²) in [6.45, 7) is -4.72. The van der Waals surface area contributed by atoms with E-state index in [2.05, 4.69) is 5.10 Å². The summed E-state index contributed by atoms with van der Waals surface area (Å²) in [5, 5.41) is 3.51. The van der Waals surface area contributed by atoms with Crippen LogP contribution in [0.1, 0.15) is 22.9 Å². The number of benzene rings is 1. The number of hydrogen-bond donors (Lipinski definition) is 0. The molecule has 2 aromatic heterocycles. The lowest BCUT2D eigenvalue weighted by Crippen LogP contribution is -2.46. The van der Waals surface area contributed by atoms with Crippen LogP contribution in [0, 0.1) is 0 Å². The average Bonchev–Trinajstić information content (AvgIpc) is 3.22. The number of rotatable bonds is 5. The molecule has 0 saturated carbocycles. The van der Waals surface area contributed by atoms with Crippen LogP contribution in [0.2, 0.25) is 5.02 Å². The maximum atomic E-state index is 12.9. The van der Waals surface area contributed by atoms with Gasteiger partial charge in [0.15, 0.2) is 5.65 Å². The number of piperazine rings is 1. The predicted octanol–water partition coefficient (Wildman–Crippen LogP) is 2.36. The van der Waals surface area contributed by atoms with Crippen LogP contribution in [0.15, 0.2) is 53.3 Å². The van der Waals surface area contributed by atoms with Gasteiger partial charge in [0.25, 0.3) is 0 Å². The number of halogens is 1. The highest BCUT2D eigenvalue weighted by Gasteiger charge is 2.17. The molecule has 1 aromatic carbocycles. The number of anilines is 1. The van der Waals surface area contributed by atoms with E-state index in [0.717, 1.165) is 0 Å². The Kier molecular flexibility index (Phi) is 2.35. The summed E-state index contributed by atoms with van der Waals surface area (Å²) in [7, 11) is 0. The van der Waals surface area contributed by atoms with Crippen molar-refractivity contribution in [1.82, 2.24) is 19.1 Å². The summed E-state index contributed by atoms with van der Waals surface area (Å²) < 4.78 is 98.2. The fourth-order valence-corrected chi connectivity index (χ4v) is 2.74. The van der Waals surface area contributed by atoms with Crippen molar-refractivity contribution in [1.29, 1.82) is 0 Å². The van der Waals surface area contributed by atoms with Crippen LogP contribution in [0.5, 0.6) is 0 Å². The van der Waals surface area contributed by atoms with E-state index in [1.807, 2.05) is 0 Å². The molecule has 1 aliphatic heterocycles. The van der Waals surface area contributed by atoms with Crippen LogP contribution < -0.4 is 10.6 Å². The smallest absolute Gasteiger partial charge is 0.350 e. The van der Waals surface area contributed by atoms with Gasteiger partial charge in [-0.3, -0.25) is 9.30 Å². The third-order valence-electron chi connectivity index (χ3n) is 3.89. The molecule has 0 spiro atoms. The molecule has 0 N–H and O–H groups in total. The van der Waals surface area contributed by atoms with E-state index < -0.39 is 67.1 Å². The fourth-order valence-electron chi connectivity index (χ4n) is 2.60. The van der Waals surface area contributed by atoms with E-state index in [4.69, 9.17) is 28.1 Å². The Morgan fingerprint density at radius 3 is 2.81 bits per heavy atom. The molecule has 0 bridgehead atoms. The van der Waals surface area contributed by atoms with Gasteiger partial charge in [-0.1, -0.05) is 23.7 Å². The zero-order valence-corrected chi connectivity index (χ0v) is 14.3. The number of fused-ring (bicyclic) bond motifs is 1. The van der Waals surface area contributed by atoms with E-state index in [1.165, 1.54) is 4.90 Å². The van der Waals surface area contributed by atoms with Crippen molar-refractivity contribution in [3.05, 3.63) is 64.0 Å². The molecule has 0 radical (unpaired) electrons. The molecule has 0 unspecified atom stereocenters. The van der Waals surface area contributed by atoms with Crippen molar-refractivity contribution in [3.63, 3.8) is 0 Å². The van der Waals surface area contributed by atoms with Crippen molar-refractivity contribution in [2.24, 2.45) is 0 Å². The highest BCUT2D eigenvalue weighted by Crippen LogP contribution is 2.20. The second kappa shape index (κ2) is 7.51. The minimum atomic E-state index is -2.71. The number of nitrogens with zero attached hydrogens (tertiary/aromatic N) is 5.